The van der Waals surface area contributed by atoms with Crippen molar-refractivity contribution in [3.63, 3.8) is 0 Å². The number of hydrogen-bond acceptors (Lipinski definition) is 0. The van der Waals surface area contributed by atoms with Gasteiger partial charge in [-0.2, -0.15) is 0 Å². The second-order valence-corrected chi connectivity index (χ2v) is 3.23. The summed E-state index contributed by atoms with van der Waals surface area (Å²) < 4.78 is 0. The van der Waals surface area contributed by atoms with Crippen molar-refractivity contribution < 1.29 is 0 Å². The Labute approximate surface area is 75.0 Å². The summed E-state index contributed by atoms with van der Waals surface area (Å²) >= 11 is 0. The molecular formula is C12H16. The monoisotopic (exact) mass is 160 g/mol. The van der Waals surface area contributed by atoms with Gasteiger partial charge in [-0.25, -0.2) is 0 Å². The lowest BCUT2D eigenvalue weighted by Gasteiger charge is -1.97. The molecule has 0 saturated carbocycles. The first kappa shape index (κ1) is 9.05. The third-order valence-electron chi connectivity index (χ3n) is 1.92. The molecule has 1 aliphatic carbocycles. The Hall–Kier alpha value is -1.04. The summed E-state index contributed by atoms with van der Waals surface area (Å²) in [5.41, 5.74) is 2.78. The minimum Gasteiger partial charge on any atom is -0.0807 e. The highest BCUT2D eigenvalue weighted by Crippen LogP contribution is 2.07. The third-order valence-corrected chi connectivity index (χ3v) is 1.92. The molecular weight excluding hydrogens is 144 g/mol. The zero-order chi connectivity index (χ0) is 8.81. The van der Waals surface area contributed by atoms with E-state index in [-0.39, 0.29) is 0 Å². The zero-order valence-corrected chi connectivity index (χ0v) is 7.88. The molecule has 0 heterocycles. The molecule has 0 aromatic rings. The van der Waals surface area contributed by atoms with Crippen LogP contribution in [0.5, 0.6) is 0 Å². The van der Waals surface area contributed by atoms with Crippen molar-refractivity contribution in [2.45, 2.75) is 26.7 Å². The standard InChI is InChI=1S/C12H16/c1-11-7-5-3-4-6-8-12(2)10-9-11/h3,5-8,10H,4,9H2,1-2H3/b5-3-,8-6-,11-7-,12-10-. The molecule has 1 rings (SSSR count). The summed E-state index contributed by atoms with van der Waals surface area (Å²) in [5, 5.41) is 0. The Kier molecular flexibility index (Phi) is 3.59. The highest BCUT2D eigenvalue weighted by atomic mass is 13.9. The normalized spacial score (nSPS) is 32.5. The Balaban J connectivity index is 2.73. The van der Waals surface area contributed by atoms with Crippen LogP contribution < -0.4 is 0 Å². The van der Waals surface area contributed by atoms with E-state index in [0.717, 1.165) is 12.8 Å². The zero-order valence-electron chi connectivity index (χ0n) is 7.88. The Bertz CT molecular complexity index is 249. The first-order valence-corrected chi connectivity index (χ1v) is 4.44. The summed E-state index contributed by atoms with van der Waals surface area (Å²) in [5.74, 6) is 0. The largest absolute Gasteiger partial charge is 0.0807 e. The molecule has 0 aromatic heterocycles. The number of rotatable bonds is 0. The quantitative estimate of drug-likeness (QED) is 0.506. The fourth-order valence-corrected chi connectivity index (χ4v) is 1.10. The van der Waals surface area contributed by atoms with Gasteiger partial charge in [0.15, 0.2) is 0 Å². The number of allylic oxidation sites excluding steroid dienone is 8. The van der Waals surface area contributed by atoms with Crippen LogP contribution in [0.3, 0.4) is 0 Å². The molecule has 0 bridgehead atoms. The van der Waals surface area contributed by atoms with E-state index in [4.69, 9.17) is 0 Å². The van der Waals surface area contributed by atoms with Crippen LogP contribution >= 0.6 is 0 Å². The second-order valence-electron chi connectivity index (χ2n) is 3.23. The van der Waals surface area contributed by atoms with Gasteiger partial charge in [-0.1, -0.05) is 47.6 Å². The lowest BCUT2D eigenvalue weighted by atomic mass is 10.1. The van der Waals surface area contributed by atoms with Gasteiger partial charge in [-0.05, 0) is 26.7 Å². The van der Waals surface area contributed by atoms with Crippen molar-refractivity contribution in [1.29, 1.82) is 0 Å². The molecule has 0 heteroatoms. The van der Waals surface area contributed by atoms with E-state index >= 15 is 0 Å². The summed E-state index contributed by atoms with van der Waals surface area (Å²) in [6.45, 7) is 4.31. The molecule has 1 aliphatic rings. The molecule has 0 fully saturated rings. The molecule has 0 aromatic carbocycles. The fourth-order valence-electron chi connectivity index (χ4n) is 1.10. The SMILES string of the molecule is CC1=C/C/C(C)=C\C=C/C/C=C\1. The third kappa shape index (κ3) is 3.38. The van der Waals surface area contributed by atoms with Gasteiger partial charge >= 0.3 is 0 Å². The molecule has 0 aliphatic heterocycles. The predicted molar refractivity (Wildman–Crippen MR) is 55.0 cm³/mol. The average Bonchev–Trinajstić information content (AvgIpc) is 2.07. The van der Waals surface area contributed by atoms with E-state index < -0.39 is 0 Å². The minimum absolute atomic E-state index is 1.04. The molecule has 0 spiro atoms. The first-order chi connectivity index (χ1) is 5.79. The summed E-state index contributed by atoms with van der Waals surface area (Å²) in [4.78, 5) is 0. The van der Waals surface area contributed by atoms with Gasteiger partial charge < -0.3 is 0 Å². The fraction of sp³-hybridized carbons (Fsp3) is 0.333. The van der Waals surface area contributed by atoms with E-state index in [2.05, 4.69) is 50.3 Å². The molecule has 0 atom stereocenters. The van der Waals surface area contributed by atoms with Crippen LogP contribution in [0.15, 0.2) is 47.6 Å². The van der Waals surface area contributed by atoms with Crippen molar-refractivity contribution in [2.24, 2.45) is 0 Å². The van der Waals surface area contributed by atoms with Crippen LogP contribution in [0.25, 0.3) is 0 Å². The molecule has 12 heavy (non-hydrogen) atoms. The van der Waals surface area contributed by atoms with Gasteiger partial charge in [0.25, 0.3) is 0 Å². The van der Waals surface area contributed by atoms with Gasteiger partial charge in [0.05, 0.1) is 0 Å². The number of hydrogen-bond donors (Lipinski definition) is 0. The minimum atomic E-state index is 1.04. The van der Waals surface area contributed by atoms with Crippen molar-refractivity contribution >= 4 is 0 Å². The van der Waals surface area contributed by atoms with Crippen LogP contribution in [0.4, 0.5) is 0 Å². The van der Waals surface area contributed by atoms with Crippen LogP contribution in [0.1, 0.15) is 26.7 Å². The molecule has 0 nitrogen and oxygen atoms in total. The van der Waals surface area contributed by atoms with Gasteiger partial charge in [0, 0.05) is 0 Å². The maximum absolute atomic E-state index is 2.27. The van der Waals surface area contributed by atoms with Crippen molar-refractivity contribution in [1.82, 2.24) is 0 Å². The molecule has 0 N–H and O–H groups in total. The molecule has 0 unspecified atom stereocenters. The van der Waals surface area contributed by atoms with Crippen LogP contribution in [-0.4, -0.2) is 0 Å². The van der Waals surface area contributed by atoms with E-state index in [1.165, 1.54) is 11.1 Å². The molecule has 0 radical (unpaired) electrons. The van der Waals surface area contributed by atoms with Crippen LogP contribution in [0, 0.1) is 0 Å². The summed E-state index contributed by atoms with van der Waals surface area (Å²) in [7, 11) is 0. The molecule has 0 saturated heterocycles. The second kappa shape index (κ2) is 4.76. The van der Waals surface area contributed by atoms with Gasteiger partial charge in [-0.15, -0.1) is 0 Å². The lowest BCUT2D eigenvalue weighted by Crippen LogP contribution is -1.76. The molecule has 64 valence electrons. The maximum Gasteiger partial charge on any atom is -0.0133 e. The van der Waals surface area contributed by atoms with Crippen molar-refractivity contribution in [3.05, 3.63) is 47.6 Å². The van der Waals surface area contributed by atoms with Gasteiger partial charge in [-0.3, -0.25) is 0 Å². The topological polar surface area (TPSA) is 0 Å². The summed E-state index contributed by atoms with van der Waals surface area (Å²) in [6.07, 6.45) is 15.2. The van der Waals surface area contributed by atoms with E-state index in [1.54, 1.807) is 0 Å². The van der Waals surface area contributed by atoms with Gasteiger partial charge in [0.2, 0.25) is 0 Å². The predicted octanol–water partition coefficient (Wildman–Crippen LogP) is 3.79. The summed E-state index contributed by atoms with van der Waals surface area (Å²) in [6, 6.07) is 0. The molecule has 0 amide bonds. The van der Waals surface area contributed by atoms with Crippen molar-refractivity contribution in [2.75, 3.05) is 0 Å². The average molecular weight is 160 g/mol. The maximum atomic E-state index is 2.27. The lowest BCUT2D eigenvalue weighted by molar-refractivity contribution is 1.18. The van der Waals surface area contributed by atoms with E-state index in [0.29, 0.717) is 0 Å². The van der Waals surface area contributed by atoms with Gasteiger partial charge in [0.1, 0.15) is 0 Å². The van der Waals surface area contributed by atoms with E-state index in [1.807, 2.05) is 0 Å². The Morgan fingerprint density at radius 2 is 2.00 bits per heavy atom. The van der Waals surface area contributed by atoms with Crippen LogP contribution in [0.2, 0.25) is 0 Å². The van der Waals surface area contributed by atoms with E-state index in [9.17, 15) is 0 Å². The highest BCUT2D eigenvalue weighted by molar-refractivity contribution is 5.23. The Morgan fingerprint density at radius 1 is 1.17 bits per heavy atom. The van der Waals surface area contributed by atoms with Crippen molar-refractivity contribution in [3.8, 4) is 0 Å². The van der Waals surface area contributed by atoms with Crippen LogP contribution in [-0.2, 0) is 0 Å². The first-order valence-electron chi connectivity index (χ1n) is 4.44. The Morgan fingerprint density at radius 3 is 2.83 bits per heavy atom. The highest BCUT2D eigenvalue weighted by Gasteiger charge is 1.87. The smallest absolute Gasteiger partial charge is 0.0133 e.